The van der Waals surface area contributed by atoms with E-state index in [1.165, 1.54) is 16.7 Å². The average molecular weight is 293 g/mol. The van der Waals surface area contributed by atoms with Crippen molar-refractivity contribution in [1.29, 1.82) is 0 Å². The Morgan fingerprint density at radius 3 is 2.48 bits per heavy atom. The van der Waals surface area contributed by atoms with Gasteiger partial charge in [-0.05, 0) is 56.3 Å². The van der Waals surface area contributed by atoms with Gasteiger partial charge in [0.05, 0.1) is 7.11 Å². The highest BCUT2D eigenvalue weighted by Crippen LogP contribution is 2.33. The molecular formula is C18H31NO2. The minimum Gasteiger partial charge on any atom is -0.496 e. The van der Waals surface area contributed by atoms with Crippen LogP contribution in [0.4, 0.5) is 0 Å². The number of ether oxygens (including phenoxy) is 2. The van der Waals surface area contributed by atoms with Gasteiger partial charge >= 0.3 is 0 Å². The van der Waals surface area contributed by atoms with Gasteiger partial charge in [0.15, 0.2) is 0 Å². The average Bonchev–Trinajstić information content (AvgIpc) is 2.43. The number of nitrogens with one attached hydrogen (secondary N) is 1. The van der Waals surface area contributed by atoms with E-state index in [2.05, 4.69) is 45.1 Å². The second-order valence-electron chi connectivity index (χ2n) is 6.00. The van der Waals surface area contributed by atoms with Crippen LogP contribution in [0.2, 0.25) is 0 Å². The lowest BCUT2D eigenvalue weighted by atomic mass is 9.91. The summed E-state index contributed by atoms with van der Waals surface area (Å²) in [5.41, 5.74) is 3.83. The van der Waals surface area contributed by atoms with Crippen molar-refractivity contribution >= 4 is 0 Å². The molecule has 0 aliphatic carbocycles. The van der Waals surface area contributed by atoms with Crippen molar-refractivity contribution in [1.82, 2.24) is 5.32 Å². The quantitative estimate of drug-likeness (QED) is 0.746. The van der Waals surface area contributed by atoms with Gasteiger partial charge in [0.1, 0.15) is 5.75 Å². The van der Waals surface area contributed by atoms with Gasteiger partial charge in [-0.25, -0.2) is 0 Å². The van der Waals surface area contributed by atoms with E-state index >= 15 is 0 Å². The fourth-order valence-corrected chi connectivity index (χ4v) is 2.93. The molecular weight excluding hydrogens is 262 g/mol. The third-order valence-corrected chi connectivity index (χ3v) is 3.79. The van der Waals surface area contributed by atoms with Crippen LogP contribution in [0, 0.1) is 19.8 Å². The Morgan fingerprint density at radius 2 is 1.90 bits per heavy atom. The fraction of sp³-hybridized carbons (Fsp3) is 0.667. The summed E-state index contributed by atoms with van der Waals surface area (Å²) in [5, 5.41) is 3.67. The van der Waals surface area contributed by atoms with Crippen LogP contribution in [0.3, 0.4) is 0 Å². The van der Waals surface area contributed by atoms with Crippen LogP contribution in [0.25, 0.3) is 0 Å². The van der Waals surface area contributed by atoms with Gasteiger partial charge in [-0.15, -0.1) is 0 Å². The van der Waals surface area contributed by atoms with Gasteiger partial charge in [0.25, 0.3) is 0 Å². The van der Waals surface area contributed by atoms with E-state index < -0.39 is 0 Å². The molecule has 0 spiro atoms. The summed E-state index contributed by atoms with van der Waals surface area (Å²) in [6, 6.07) is 4.68. The summed E-state index contributed by atoms with van der Waals surface area (Å²) in [4.78, 5) is 0. The van der Waals surface area contributed by atoms with Gasteiger partial charge < -0.3 is 14.8 Å². The van der Waals surface area contributed by atoms with E-state index in [0.29, 0.717) is 12.0 Å². The number of rotatable bonds is 9. The fourth-order valence-electron chi connectivity index (χ4n) is 2.93. The maximum Gasteiger partial charge on any atom is 0.124 e. The van der Waals surface area contributed by atoms with Gasteiger partial charge in [0.2, 0.25) is 0 Å². The van der Waals surface area contributed by atoms with Crippen LogP contribution in [-0.2, 0) is 4.74 Å². The molecule has 0 bridgehead atoms. The smallest absolute Gasteiger partial charge is 0.124 e. The predicted octanol–water partition coefficient (Wildman–Crippen LogP) is 4.03. The molecule has 0 aromatic heterocycles. The van der Waals surface area contributed by atoms with Crippen LogP contribution in [0.5, 0.6) is 5.75 Å². The lowest BCUT2D eigenvalue weighted by Crippen LogP contribution is -2.26. The van der Waals surface area contributed by atoms with E-state index in [1.807, 2.05) is 0 Å². The van der Waals surface area contributed by atoms with Crippen molar-refractivity contribution in [2.75, 3.05) is 27.4 Å². The third-order valence-electron chi connectivity index (χ3n) is 3.79. The molecule has 21 heavy (non-hydrogen) atoms. The first-order valence-electron chi connectivity index (χ1n) is 7.90. The van der Waals surface area contributed by atoms with Crippen molar-refractivity contribution in [3.8, 4) is 5.75 Å². The van der Waals surface area contributed by atoms with Gasteiger partial charge in [-0.3, -0.25) is 0 Å². The number of hydrogen-bond acceptors (Lipinski definition) is 3. The first kappa shape index (κ1) is 18.0. The van der Waals surface area contributed by atoms with E-state index in [4.69, 9.17) is 9.47 Å². The molecule has 3 nitrogen and oxygen atoms in total. The Kier molecular flexibility index (Phi) is 7.76. The Hall–Kier alpha value is -1.06. The Bertz CT molecular complexity index is 431. The standard InChI is InChI=1S/C18H31NO2/c1-7-8-19-16(10-14(3)12-20-5)18-15(4)9-13(2)11-17(18)21-6/h9,11,14,16,19H,7-8,10,12H2,1-6H3. The maximum absolute atomic E-state index is 5.64. The zero-order chi connectivity index (χ0) is 15.8. The molecule has 0 fully saturated rings. The maximum atomic E-state index is 5.64. The highest BCUT2D eigenvalue weighted by Gasteiger charge is 2.21. The molecule has 0 aliphatic heterocycles. The Morgan fingerprint density at radius 1 is 1.19 bits per heavy atom. The van der Waals surface area contributed by atoms with Crippen LogP contribution >= 0.6 is 0 Å². The largest absolute Gasteiger partial charge is 0.496 e. The number of benzene rings is 1. The second-order valence-corrected chi connectivity index (χ2v) is 6.00. The van der Waals surface area contributed by atoms with Crippen LogP contribution in [0.15, 0.2) is 12.1 Å². The number of methoxy groups -OCH3 is 2. The minimum absolute atomic E-state index is 0.311. The highest BCUT2D eigenvalue weighted by atomic mass is 16.5. The molecule has 1 N–H and O–H groups in total. The molecule has 0 aliphatic rings. The monoisotopic (exact) mass is 293 g/mol. The SMILES string of the molecule is CCCNC(CC(C)COC)c1c(C)cc(C)cc1OC. The Balaban J connectivity index is 3.06. The lowest BCUT2D eigenvalue weighted by Gasteiger charge is -2.26. The van der Waals surface area contributed by atoms with Gasteiger partial charge in [0, 0.05) is 25.3 Å². The second kappa shape index (κ2) is 9.06. The zero-order valence-electron chi connectivity index (χ0n) is 14.5. The number of aryl methyl sites for hydroxylation is 2. The van der Waals surface area contributed by atoms with Crippen molar-refractivity contribution < 1.29 is 9.47 Å². The summed E-state index contributed by atoms with van der Waals surface area (Å²) in [6.07, 6.45) is 2.18. The summed E-state index contributed by atoms with van der Waals surface area (Å²) < 4.78 is 10.9. The molecule has 2 unspecified atom stereocenters. The predicted molar refractivity (Wildman–Crippen MR) is 89.2 cm³/mol. The van der Waals surface area contributed by atoms with Crippen LogP contribution in [-0.4, -0.2) is 27.4 Å². The normalized spacial score (nSPS) is 14.0. The summed E-state index contributed by atoms with van der Waals surface area (Å²) in [6.45, 7) is 10.5. The molecule has 0 saturated heterocycles. The molecule has 0 heterocycles. The first-order chi connectivity index (χ1) is 10.0. The summed E-state index contributed by atoms with van der Waals surface area (Å²) >= 11 is 0. The van der Waals surface area contributed by atoms with Crippen LogP contribution < -0.4 is 10.1 Å². The van der Waals surface area contributed by atoms with Crippen molar-refractivity contribution in [3.63, 3.8) is 0 Å². The molecule has 0 radical (unpaired) electrons. The molecule has 0 saturated carbocycles. The first-order valence-corrected chi connectivity index (χ1v) is 7.90. The van der Waals surface area contributed by atoms with Crippen molar-refractivity contribution in [2.24, 2.45) is 5.92 Å². The van der Waals surface area contributed by atoms with E-state index in [1.54, 1.807) is 14.2 Å². The van der Waals surface area contributed by atoms with Gasteiger partial charge in [-0.2, -0.15) is 0 Å². The topological polar surface area (TPSA) is 30.5 Å². The minimum atomic E-state index is 0.311. The molecule has 120 valence electrons. The zero-order valence-corrected chi connectivity index (χ0v) is 14.5. The van der Waals surface area contributed by atoms with Crippen molar-refractivity contribution in [3.05, 3.63) is 28.8 Å². The molecule has 1 aromatic rings. The van der Waals surface area contributed by atoms with Crippen molar-refractivity contribution in [2.45, 2.75) is 46.6 Å². The van der Waals surface area contributed by atoms with Crippen LogP contribution in [0.1, 0.15) is 49.4 Å². The summed E-state index contributed by atoms with van der Waals surface area (Å²) in [7, 11) is 3.52. The van der Waals surface area contributed by atoms with E-state index in [-0.39, 0.29) is 0 Å². The number of hydrogen-bond donors (Lipinski definition) is 1. The van der Waals surface area contributed by atoms with Gasteiger partial charge in [-0.1, -0.05) is 19.9 Å². The molecule has 1 rings (SSSR count). The lowest BCUT2D eigenvalue weighted by molar-refractivity contribution is 0.149. The highest BCUT2D eigenvalue weighted by molar-refractivity contribution is 5.45. The molecule has 0 amide bonds. The Labute approximate surface area is 130 Å². The molecule has 1 aromatic carbocycles. The van der Waals surface area contributed by atoms with E-state index in [9.17, 15) is 0 Å². The third kappa shape index (κ3) is 5.33. The molecule has 3 heteroatoms. The van der Waals surface area contributed by atoms with E-state index in [0.717, 1.165) is 31.7 Å². The molecule has 2 atom stereocenters. The summed E-state index contributed by atoms with van der Waals surface area (Å²) in [5.74, 6) is 1.50.